The van der Waals surface area contributed by atoms with Gasteiger partial charge in [0.2, 0.25) is 0 Å². The van der Waals surface area contributed by atoms with Crippen LogP contribution in [0.4, 0.5) is 0 Å². The Bertz CT molecular complexity index is 1730. The van der Waals surface area contributed by atoms with Crippen molar-refractivity contribution in [1.29, 1.82) is 0 Å². The number of nitrogens with one attached hydrogen (secondary N) is 2. The van der Waals surface area contributed by atoms with Crippen LogP contribution in [0.3, 0.4) is 0 Å². The molecule has 40 heavy (non-hydrogen) atoms. The summed E-state index contributed by atoms with van der Waals surface area (Å²) in [5.41, 5.74) is 11.9. The van der Waals surface area contributed by atoms with Gasteiger partial charge in [-0.15, -0.1) is 0 Å². The topological polar surface area (TPSA) is 138 Å². The molecular formula is C30H28ClFeN4O4. The molecule has 0 amide bonds. The molecule has 8 nitrogen and oxygen atoms in total. The minimum absolute atomic E-state index is 0. The van der Waals surface area contributed by atoms with Crippen molar-refractivity contribution in [3.8, 4) is 0 Å². The number of carbonyl (C=O) groups excluding carboxylic acids is 2. The third kappa shape index (κ3) is 6.22. The molecule has 1 radical (unpaired) electrons. The molecule has 0 aromatic carbocycles. The average molecular weight is 600 g/mol. The first-order chi connectivity index (χ1) is 18.1. The number of aromatic amines is 2. The Hall–Kier alpha value is -3.65. The van der Waals surface area contributed by atoms with Crippen molar-refractivity contribution in [2.75, 3.05) is 0 Å². The molecule has 5 heterocycles. The number of rotatable bonds is 6. The molecule has 0 saturated carbocycles. The Kier molecular flexibility index (Phi) is 9.46. The van der Waals surface area contributed by atoms with Crippen molar-refractivity contribution in [1.82, 2.24) is 19.9 Å². The van der Waals surface area contributed by atoms with Gasteiger partial charge >= 0.3 is 17.1 Å². The van der Waals surface area contributed by atoms with E-state index in [-0.39, 0.29) is 55.2 Å². The van der Waals surface area contributed by atoms with Crippen molar-refractivity contribution in [2.45, 2.75) is 53.4 Å². The van der Waals surface area contributed by atoms with Crippen molar-refractivity contribution in [3.63, 3.8) is 0 Å². The van der Waals surface area contributed by atoms with Crippen LogP contribution in [0.2, 0.25) is 0 Å². The minimum atomic E-state index is -1.13. The van der Waals surface area contributed by atoms with Gasteiger partial charge in [-0.1, -0.05) is 0 Å². The number of aliphatic carboxylic acids is 2. The summed E-state index contributed by atoms with van der Waals surface area (Å²) >= 11 is 0. The van der Waals surface area contributed by atoms with Gasteiger partial charge in [0.15, 0.2) is 0 Å². The van der Waals surface area contributed by atoms with Crippen LogP contribution in [0, 0.1) is 13.8 Å². The second-order valence-electron chi connectivity index (χ2n) is 9.94. The number of allylic oxidation sites excluding steroid dienone is 4. The minimum Gasteiger partial charge on any atom is -1.00 e. The smallest absolute Gasteiger partial charge is 1.00 e. The number of nitrogens with zero attached hydrogens (tertiary/aromatic N) is 2. The normalized spacial score (nSPS) is 12.7. The molecule has 0 spiro atoms. The fraction of sp³-hybridized carbons (Fsp3) is 0.267. The van der Waals surface area contributed by atoms with E-state index < -0.39 is 11.9 Å². The van der Waals surface area contributed by atoms with Crippen LogP contribution >= 0.6 is 0 Å². The van der Waals surface area contributed by atoms with Crippen LogP contribution in [-0.4, -0.2) is 31.9 Å². The summed E-state index contributed by atoms with van der Waals surface area (Å²) in [5, 5.41) is 22.6. The third-order valence-electron chi connectivity index (χ3n) is 7.23. The van der Waals surface area contributed by atoms with Gasteiger partial charge in [-0.25, -0.2) is 9.97 Å². The summed E-state index contributed by atoms with van der Waals surface area (Å²) in [6, 6.07) is 11.9. The van der Waals surface area contributed by atoms with E-state index in [9.17, 15) is 19.8 Å². The number of carboxylic acid groups (broad SMARTS) is 2. The second kappa shape index (κ2) is 12.3. The van der Waals surface area contributed by atoms with E-state index in [1.807, 2.05) is 45.9 Å². The van der Waals surface area contributed by atoms with E-state index in [2.05, 4.69) is 28.2 Å². The number of H-pyrrole nitrogens is 2. The maximum atomic E-state index is 11.3. The molecule has 0 aliphatic carbocycles. The van der Waals surface area contributed by atoms with Gasteiger partial charge in [-0.3, -0.25) is 0 Å². The van der Waals surface area contributed by atoms with Gasteiger partial charge in [-0.2, -0.15) is 0 Å². The number of aromatic nitrogens is 4. The summed E-state index contributed by atoms with van der Waals surface area (Å²) < 4.78 is 0. The molecule has 0 fully saturated rings. The number of hydrogen-bond donors (Lipinski definition) is 2. The SMILES string of the molecule is CC1=C(CCC(=O)[O-])c2cc3nc(cc4[nH]c(cc4C)cc4[nH]c(cc1n2)cc4C)C(C)=C3CCC(=O)[O-].[Cl-].[Fe+3]. The van der Waals surface area contributed by atoms with Crippen molar-refractivity contribution >= 4 is 56.3 Å². The van der Waals surface area contributed by atoms with Crippen LogP contribution in [0.25, 0.3) is 44.4 Å². The molecule has 207 valence electrons. The molecule has 2 aliphatic rings. The van der Waals surface area contributed by atoms with Gasteiger partial charge in [0.05, 0.1) is 22.8 Å². The molecule has 8 bridgehead atoms. The van der Waals surface area contributed by atoms with Crippen LogP contribution < -0.4 is 22.6 Å². The first kappa shape index (κ1) is 30.9. The molecule has 10 heteroatoms. The molecule has 0 atom stereocenters. The maximum Gasteiger partial charge on any atom is 3.00 e. The molecular weight excluding hydrogens is 572 g/mol. The Morgan fingerprint density at radius 2 is 1.07 bits per heavy atom. The van der Waals surface area contributed by atoms with E-state index in [0.717, 1.165) is 66.9 Å². The largest absolute Gasteiger partial charge is 3.00 e. The summed E-state index contributed by atoms with van der Waals surface area (Å²) in [7, 11) is 0. The summed E-state index contributed by atoms with van der Waals surface area (Å²) in [5.74, 6) is -2.26. The van der Waals surface area contributed by atoms with Gasteiger partial charge in [0, 0.05) is 34.0 Å². The van der Waals surface area contributed by atoms with E-state index in [0.29, 0.717) is 11.4 Å². The number of aryl methyl sites for hydroxylation is 2. The molecule has 0 saturated heterocycles. The number of carboxylic acids is 2. The van der Waals surface area contributed by atoms with E-state index in [4.69, 9.17) is 9.97 Å². The molecule has 3 aromatic heterocycles. The standard InChI is InChI=1S/C30H30N4O4.ClH.Fe/c1-15-9-20-12-25-17(3)21(5-7-29(35)36)27(33-25)14-28-22(6-8-30(37)38)18(4)26(34-28)13-24-16(2)10-19(32-24)11-23(15)31-20;;/h9-14,31-32H,5-8H2,1-4H3,(H,35,36)(H,37,38);1H;/q;;+3/p-3. The Labute approximate surface area is 248 Å². The second-order valence-corrected chi connectivity index (χ2v) is 9.94. The van der Waals surface area contributed by atoms with Crippen LogP contribution in [0.15, 0.2) is 36.4 Å². The Morgan fingerprint density at radius 1 is 0.650 bits per heavy atom. The molecule has 0 unspecified atom stereocenters. The van der Waals surface area contributed by atoms with Gasteiger partial charge in [-0.05, 0) is 123 Å². The van der Waals surface area contributed by atoms with E-state index in [1.54, 1.807) is 0 Å². The summed E-state index contributed by atoms with van der Waals surface area (Å²) in [6.07, 6.45) is 0.263. The summed E-state index contributed by atoms with van der Waals surface area (Å²) in [6.45, 7) is 7.93. The summed E-state index contributed by atoms with van der Waals surface area (Å²) in [4.78, 5) is 39.2. The zero-order chi connectivity index (χ0) is 27.1. The molecule has 2 N–H and O–H groups in total. The van der Waals surface area contributed by atoms with Crippen molar-refractivity contribution in [3.05, 3.63) is 70.3 Å². The molecule has 2 aliphatic heterocycles. The average Bonchev–Trinajstić information content (AvgIpc) is 3.53. The number of carbonyl (C=O) groups is 2. The van der Waals surface area contributed by atoms with E-state index >= 15 is 0 Å². The number of hydrogen-bond acceptors (Lipinski definition) is 6. The predicted molar refractivity (Wildman–Crippen MR) is 144 cm³/mol. The van der Waals surface area contributed by atoms with Crippen LogP contribution in [0.1, 0.15) is 73.4 Å². The monoisotopic (exact) mass is 599 g/mol. The van der Waals surface area contributed by atoms with Gasteiger partial charge < -0.3 is 42.2 Å². The first-order valence-corrected chi connectivity index (χ1v) is 12.6. The fourth-order valence-corrected chi connectivity index (χ4v) is 5.09. The van der Waals surface area contributed by atoms with Gasteiger partial charge in [0.25, 0.3) is 0 Å². The van der Waals surface area contributed by atoms with Crippen molar-refractivity contribution in [2.24, 2.45) is 0 Å². The molecule has 3 aromatic rings. The fourth-order valence-electron chi connectivity index (χ4n) is 5.09. The van der Waals surface area contributed by atoms with Crippen molar-refractivity contribution < 1.29 is 49.3 Å². The van der Waals surface area contributed by atoms with Gasteiger partial charge in [0.1, 0.15) is 0 Å². The van der Waals surface area contributed by atoms with Crippen LogP contribution in [-0.2, 0) is 26.7 Å². The first-order valence-electron chi connectivity index (χ1n) is 12.6. The maximum absolute atomic E-state index is 11.3. The predicted octanol–water partition coefficient (Wildman–Crippen LogP) is 0.855. The van der Waals surface area contributed by atoms with E-state index in [1.165, 1.54) is 0 Å². The Balaban J connectivity index is 0.00000220. The Morgan fingerprint density at radius 3 is 1.55 bits per heavy atom. The molecule has 5 rings (SSSR count). The number of fused-ring (bicyclic) bond motifs is 8. The van der Waals surface area contributed by atoms with Crippen LogP contribution in [0.5, 0.6) is 0 Å². The number of halogens is 1. The zero-order valence-corrected chi connectivity index (χ0v) is 24.4. The third-order valence-corrected chi connectivity index (χ3v) is 7.23. The quantitative estimate of drug-likeness (QED) is 0.403. The zero-order valence-electron chi connectivity index (χ0n) is 22.6.